The van der Waals surface area contributed by atoms with Crippen LogP contribution in [0.25, 0.3) is 0 Å². The van der Waals surface area contributed by atoms with Gasteiger partial charge in [-0.15, -0.1) is 0 Å². The third kappa shape index (κ3) is 6.04. The van der Waals surface area contributed by atoms with Crippen LogP contribution in [0.5, 0.6) is 0 Å². The molecule has 0 aliphatic heterocycles. The van der Waals surface area contributed by atoms with Gasteiger partial charge in [-0.3, -0.25) is 0 Å². The summed E-state index contributed by atoms with van der Waals surface area (Å²) in [5, 5.41) is 9.94. The van der Waals surface area contributed by atoms with Gasteiger partial charge in [0.15, 0.2) is 0 Å². The Bertz CT molecular complexity index is 417. The van der Waals surface area contributed by atoms with Crippen LogP contribution >= 0.6 is 0 Å². The van der Waals surface area contributed by atoms with Crippen LogP contribution in [-0.4, -0.2) is 18.2 Å². The van der Waals surface area contributed by atoms with Crippen LogP contribution in [-0.2, 0) is 0 Å². The number of hydrogen-bond donors (Lipinski definition) is 1. The zero-order chi connectivity index (χ0) is 16.0. The van der Waals surface area contributed by atoms with Crippen molar-refractivity contribution >= 4 is 5.69 Å². The zero-order valence-corrected chi connectivity index (χ0v) is 14.1. The molecule has 0 bridgehead atoms. The molecule has 0 aliphatic rings. The molecule has 1 N–H and O–H groups in total. The second-order valence-corrected chi connectivity index (χ2v) is 6.73. The fourth-order valence-electron chi connectivity index (χ4n) is 2.33. The molecule has 0 saturated carbocycles. The number of hydrogen-bond acceptors (Lipinski definition) is 2. The van der Waals surface area contributed by atoms with Crippen LogP contribution < -0.4 is 4.90 Å². The maximum absolute atomic E-state index is 13.5. The molecule has 1 aromatic rings. The van der Waals surface area contributed by atoms with Crippen LogP contribution in [0.15, 0.2) is 18.2 Å². The van der Waals surface area contributed by atoms with E-state index in [1.807, 2.05) is 0 Å². The lowest BCUT2D eigenvalue weighted by Gasteiger charge is -2.29. The van der Waals surface area contributed by atoms with Gasteiger partial charge in [-0.1, -0.05) is 27.7 Å². The Balaban J connectivity index is 3.00. The first kappa shape index (κ1) is 18.0. The first-order valence-electron chi connectivity index (χ1n) is 8.03. The average molecular weight is 295 g/mol. The molecule has 0 fully saturated rings. The van der Waals surface area contributed by atoms with E-state index in [9.17, 15) is 9.50 Å². The second kappa shape index (κ2) is 8.38. The van der Waals surface area contributed by atoms with E-state index in [4.69, 9.17) is 0 Å². The highest BCUT2D eigenvalue weighted by molar-refractivity contribution is 5.54. The summed E-state index contributed by atoms with van der Waals surface area (Å²) in [7, 11) is 0. The van der Waals surface area contributed by atoms with E-state index in [2.05, 4.69) is 32.6 Å². The SMILES string of the molecule is CC(C)CCN(CCC(C)C)c1ccc(F)cc1C(C)O. The lowest BCUT2D eigenvalue weighted by molar-refractivity contribution is 0.199. The first-order valence-corrected chi connectivity index (χ1v) is 8.03. The Morgan fingerprint density at radius 2 is 1.52 bits per heavy atom. The summed E-state index contributed by atoms with van der Waals surface area (Å²) in [4.78, 5) is 2.29. The summed E-state index contributed by atoms with van der Waals surface area (Å²) >= 11 is 0. The van der Waals surface area contributed by atoms with E-state index in [1.54, 1.807) is 13.0 Å². The molecule has 2 nitrogen and oxygen atoms in total. The van der Waals surface area contributed by atoms with Gasteiger partial charge in [-0.2, -0.15) is 0 Å². The van der Waals surface area contributed by atoms with Crippen LogP contribution in [0, 0.1) is 17.7 Å². The smallest absolute Gasteiger partial charge is 0.123 e. The lowest BCUT2D eigenvalue weighted by Crippen LogP contribution is -2.28. The molecule has 120 valence electrons. The molecular weight excluding hydrogens is 265 g/mol. The summed E-state index contributed by atoms with van der Waals surface area (Å²) in [6.07, 6.45) is 1.53. The monoisotopic (exact) mass is 295 g/mol. The summed E-state index contributed by atoms with van der Waals surface area (Å²) in [6.45, 7) is 12.4. The molecule has 21 heavy (non-hydrogen) atoms. The van der Waals surface area contributed by atoms with Gasteiger partial charge in [-0.25, -0.2) is 4.39 Å². The zero-order valence-electron chi connectivity index (χ0n) is 14.1. The predicted octanol–water partition coefficient (Wildman–Crippen LogP) is 4.78. The average Bonchev–Trinajstić information content (AvgIpc) is 2.38. The van der Waals surface area contributed by atoms with Crippen molar-refractivity contribution in [3.05, 3.63) is 29.6 Å². The molecule has 1 unspecified atom stereocenters. The maximum atomic E-state index is 13.5. The Hall–Kier alpha value is -1.09. The fraction of sp³-hybridized carbons (Fsp3) is 0.667. The molecule has 0 amide bonds. The predicted molar refractivity (Wildman–Crippen MR) is 88.2 cm³/mol. The van der Waals surface area contributed by atoms with E-state index < -0.39 is 6.10 Å². The molecule has 0 aromatic heterocycles. The molecule has 1 aromatic carbocycles. The van der Waals surface area contributed by atoms with E-state index >= 15 is 0 Å². The minimum absolute atomic E-state index is 0.290. The molecule has 1 atom stereocenters. The van der Waals surface area contributed by atoms with Gasteiger partial charge in [0.05, 0.1) is 6.10 Å². The van der Waals surface area contributed by atoms with E-state index in [0.29, 0.717) is 17.4 Å². The quantitative estimate of drug-likeness (QED) is 0.746. The minimum atomic E-state index is -0.656. The summed E-state index contributed by atoms with van der Waals surface area (Å²) in [6, 6.07) is 4.74. The third-order valence-electron chi connectivity index (χ3n) is 3.73. The Morgan fingerprint density at radius 3 is 1.95 bits per heavy atom. The molecule has 3 heteroatoms. The van der Waals surface area contributed by atoms with Crippen molar-refractivity contribution in [2.45, 2.75) is 53.6 Å². The largest absolute Gasteiger partial charge is 0.389 e. The topological polar surface area (TPSA) is 23.5 Å². The molecular formula is C18H30FNO. The number of nitrogens with zero attached hydrogens (tertiary/aromatic N) is 1. The molecule has 1 rings (SSSR count). The van der Waals surface area contributed by atoms with E-state index in [-0.39, 0.29) is 5.82 Å². The van der Waals surface area contributed by atoms with E-state index in [1.165, 1.54) is 12.1 Å². The summed E-state index contributed by atoms with van der Waals surface area (Å²) < 4.78 is 13.5. The summed E-state index contributed by atoms with van der Waals surface area (Å²) in [5.74, 6) is 0.964. The second-order valence-electron chi connectivity index (χ2n) is 6.73. The van der Waals surface area contributed by atoms with Crippen molar-refractivity contribution in [3.63, 3.8) is 0 Å². The first-order chi connectivity index (χ1) is 9.81. The van der Waals surface area contributed by atoms with Crippen LogP contribution in [0.3, 0.4) is 0 Å². The number of rotatable bonds is 8. The number of aliphatic hydroxyl groups is 1. The van der Waals surface area contributed by atoms with Gasteiger partial charge in [0, 0.05) is 24.3 Å². The van der Waals surface area contributed by atoms with Gasteiger partial charge in [0.1, 0.15) is 5.82 Å². The highest BCUT2D eigenvalue weighted by atomic mass is 19.1. The highest BCUT2D eigenvalue weighted by Gasteiger charge is 2.16. The molecule has 0 aliphatic carbocycles. The Kier molecular flexibility index (Phi) is 7.16. The standard InChI is InChI=1S/C18H30FNO/c1-13(2)8-10-20(11-9-14(3)4)18-7-6-16(19)12-17(18)15(5)21/h6-7,12-15,21H,8-11H2,1-5H3. The third-order valence-corrected chi connectivity index (χ3v) is 3.73. The number of anilines is 1. The van der Waals surface area contributed by atoms with Crippen LogP contribution in [0.1, 0.15) is 59.1 Å². The van der Waals surface area contributed by atoms with Gasteiger partial charge in [0.2, 0.25) is 0 Å². The van der Waals surface area contributed by atoms with Gasteiger partial charge in [-0.05, 0) is 49.8 Å². The van der Waals surface area contributed by atoms with Crippen molar-refractivity contribution in [1.82, 2.24) is 0 Å². The Labute approximate surface area is 129 Å². The molecule has 0 heterocycles. The van der Waals surface area contributed by atoms with Crippen molar-refractivity contribution in [2.24, 2.45) is 11.8 Å². The van der Waals surface area contributed by atoms with Crippen molar-refractivity contribution < 1.29 is 9.50 Å². The van der Waals surface area contributed by atoms with Crippen molar-refractivity contribution in [3.8, 4) is 0 Å². The minimum Gasteiger partial charge on any atom is -0.389 e. The number of halogens is 1. The van der Waals surface area contributed by atoms with Gasteiger partial charge < -0.3 is 10.0 Å². The van der Waals surface area contributed by atoms with E-state index in [0.717, 1.165) is 31.6 Å². The lowest BCUT2D eigenvalue weighted by atomic mass is 10.0. The molecule has 0 radical (unpaired) electrons. The Morgan fingerprint density at radius 1 is 1.00 bits per heavy atom. The van der Waals surface area contributed by atoms with Crippen molar-refractivity contribution in [2.75, 3.05) is 18.0 Å². The van der Waals surface area contributed by atoms with Crippen molar-refractivity contribution in [1.29, 1.82) is 0 Å². The van der Waals surface area contributed by atoms with Gasteiger partial charge in [0.25, 0.3) is 0 Å². The van der Waals surface area contributed by atoms with Gasteiger partial charge >= 0.3 is 0 Å². The summed E-state index contributed by atoms with van der Waals surface area (Å²) in [5.41, 5.74) is 1.65. The fourth-order valence-corrected chi connectivity index (χ4v) is 2.33. The number of aliphatic hydroxyl groups excluding tert-OH is 1. The number of benzene rings is 1. The molecule has 0 spiro atoms. The normalized spacial score (nSPS) is 13.0. The van der Waals surface area contributed by atoms with Crippen LogP contribution in [0.4, 0.5) is 10.1 Å². The van der Waals surface area contributed by atoms with Crippen LogP contribution in [0.2, 0.25) is 0 Å². The molecule has 0 saturated heterocycles. The maximum Gasteiger partial charge on any atom is 0.123 e. The highest BCUT2D eigenvalue weighted by Crippen LogP contribution is 2.28.